The first kappa shape index (κ1) is 8.44. The summed E-state index contributed by atoms with van der Waals surface area (Å²) in [5.41, 5.74) is 0.939. The molecule has 1 aliphatic carbocycles. The van der Waals surface area contributed by atoms with Crippen molar-refractivity contribution in [2.45, 2.75) is 26.4 Å². The molecular weight excluding hydrogens is 166 g/mol. The Kier molecular flexibility index (Phi) is 1.73. The molecule has 1 aliphatic rings. The number of aromatic amines is 1. The van der Waals surface area contributed by atoms with E-state index in [1.807, 2.05) is 19.9 Å². The molecule has 2 N–H and O–H groups in total. The highest BCUT2D eigenvalue weighted by molar-refractivity contribution is 5.63. The van der Waals surface area contributed by atoms with E-state index < -0.39 is 0 Å². The Bertz CT molecular complexity index is 327. The summed E-state index contributed by atoms with van der Waals surface area (Å²) in [6.45, 7) is 4.07. The number of nitrogens with one attached hydrogen (secondary N) is 1. The van der Waals surface area contributed by atoms with Crippen LogP contribution in [0.4, 0.5) is 0 Å². The summed E-state index contributed by atoms with van der Waals surface area (Å²) < 4.78 is 0. The van der Waals surface area contributed by atoms with Crippen molar-refractivity contribution in [3.05, 3.63) is 18.2 Å². The third-order valence-electron chi connectivity index (χ3n) is 2.51. The molecule has 1 heterocycles. The Balaban J connectivity index is 2.26. The molecule has 1 atom stereocenters. The Morgan fingerprint density at radius 1 is 1.62 bits per heavy atom. The van der Waals surface area contributed by atoms with Crippen LogP contribution in [0.15, 0.2) is 12.4 Å². The number of aliphatic hydroxyl groups excluding tert-OH is 1. The highest BCUT2D eigenvalue weighted by Crippen LogP contribution is 2.39. The molecule has 1 aromatic heterocycles. The lowest BCUT2D eigenvalue weighted by Gasteiger charge is -2.21. The van der Waals surface area contributed by atoms with Gasteiger partial charge >= 0.3 is 0 Å². The summed E-state index contributed by atoms with van der Waals surface area (Å²) in [5, 5.41) is 16.3. The third-order valence-corrected chi connectivity index (χ3v) is 2.51. The van der Waals surface area contributed by atoms with Crippen LogP contribution in [-0.2, 0) is 0 Å². The second kappa shape index (κ2) is 2.67. The predicted molar refractivity (Wildman–Crippen MR) is 48.8 cm³/mol. The quantitative estimate of drug-likeness (QED) is 0.675. The zero-order valence-electron chi connectivity index (χ0n) is 7.78. The van der Waals surface area contributed by atoms with Crippen LogP contribution in [0, 0.1) is 5.41 Å². The lowest BCUT2D eigenvalue weighted by atomic mass is 9.87. The first-order valence-corrected chi connectivity index (χ1v) is 4.34. The minimum absolute atomic E-state index is 0.0873. The van der Waals surface area contributed by atoms with Gasteiger partial charge in [-0.15, -0.1) is 0 Å². The van der Waals surface area contributed by atoms with Crippen LogP contribution < -0.4 is 0 Å². The summed E-state index contributed by atoms with van der Waals surface area (Å²) in [6.07, 6.45) is 3.82. The molecule has 2 rings (SSSR count). The van der Waals surface area contributed by atoms with Gasteiger partial charge in [0.05, 0.1) is 6.10 Å². The third kappa shape index (κ3) is 1.37. The maximum Gasteiger partial charge on any atom is 0.176 e. The maximum atomic E-state index is 9.68. The summed E-state index contributed by atoms with van der Waals surface area (Å²) >= 11 is 0. The average Bonchev–Trinajstić information content (AvgIpc) is 2.60. The van der Waals surface area contributed by atoms with E-state index in [4.69, 9.17) is 0 Å². The molecule has 0 fully saturated rings. The van der Waals surface area contributed by atoms with E-state index in [9.17, 15) is 5.11 Å². The molecule has 1 aromatic rings. The van der Waals surface area contributed by atoms with Crippen LogP contribution in [0.25, 0.3) is 5.57 Å². The molecule has 0 saturated heterocycles. The van der Waals surface area contributed by atoms with Crippen molar-refractivity contribution in [2.75, 3.05) is 0 Å². The molecule has 4 heteroatoms. The zero-order chi connectivity index (χ0) is 9.47. The molecule has 0 amide bonds. The predicted octanol–water partition coefficient (Wildman–Crippen LogP) is 0.979. The van der Waals surface area contributed by atoms with Gasteiger partial charge in [-0.25, -0.2) is 4.98 Å². The second-order valence-corrected chi connectivity index (χ2v) is 4.12. The number of H-pyrrole nitrogens is 1. The van der Waals surface area contributed by atoms with Gasteiger partial charge in [-0.05, 0) is 23.5 Å². The molecule has 0 aromatic carbocycles. The highest BCUT2D eigenvalue weighted by atomic mass is 16.3. The van der Waals surface area contributed by atoms with E-state index in [0.29, 0.717) is 5.82 Å². The highest BCUT2D eigenvalue weighted by Gasteiger charge is 2.34. The summed E-state index contributed by atoms with van der Waals surface area (Å²) in [6, 6.07) is 0. The fourth-order valence-corrected chi connectivity index (χ4v) is 1.59. The van der Waals surface area contributed by atoms with Crippen molar-refractivity contribution in [3.8, 4) is 0 Å². The fraction of sp³-hybridized carbons (Fsp3) is 0.556. The summed E-state index contributed by atoms with van der Waals surface area (Å²) in [7, 11) is 0. The lowest BCUT2D eigenvalue weighted by molar-refractivity contribution is 0.106. The number of hydrogen-bond acceptors (Lipinski definition) is 3. The lowest BCUT2D eigenvalue weighted by Crippen LogP contribution is -2.22. The molecule has 0 saturated carbocycles. The first-order valence-electron chi connectivity index (χ1n) is 4.34. The Morgan fingerprint density at radius 2 is 2.38 bits per heavy atom. The van der Waals surface area contributed by atoms with Gasteiger partial charge in [0.1, 0.15) is 6.33 Å². The average molecular weight is 179 g/mol. The normalized spacial score (nSPS) is 26.1. The Morgan fingerprint density at radius 3 is 2.85 bits per heavy atom. The van der Waals surface area contributed by atoms with E-state index in [1.165, 1.54) is 0 Å². The monoisotopic (exact) mass is 179 g/mol. The van der Waals surface area contributed by atoms with Crippen LogP contribution in [0.3, 0.4) is 0 Å². The molecule has 0 radical (unpaired) electrons. The standard InChI is InChI=1S/C9H13N3O/c1-9(2)4-6(3-7(9)13)8-10-5-11-12-8/h3,5,7,13H,4H2,1-2H3,(H,10,11,12). The van der Waals surface area contributed by atoms with Gasteiger partial charge in [-0.2, -0.15) is 5.10 Å². The largest absolute Gasteiger partial charge is 0.388 e. The summed E-state index contributed by atoms with van der Waals surface area (Å²) in [5.74, 6) is 0.699. The topological polar surface area (TPSA) is 61.8 Å². The van der Waals surface area contributed by atoms with Gasteiger partial charge in [0, 0.05) is 0 Å². The van der Waals surface area contributed by atoms with E-state index in [-0.39, 0.29) is 11.5 Å². The molecule has 0 spiro atoms. The van der Waals surface area contributed by atoms with Gasteiger partial charge < -0.3 is 5.11 Å². The van der Waals surface area contributed by atoms with Crippen LogP contribution in [0.2, 0.25) is 0 Å². The second-order valence-electron chi connectivity index (χ2n) is 4.12. The van der Waals surface area contributed by atoms with Crippen molar-refractivity contribution in [2.24, 2.45) is 5.41 Å². The zero-order valence-corrected chi connectivity index (χ0v) is 7.78. The van der Waals surface area contributed by atoms with Crippen LogP contribution in [-0.4, -0.2) is 26.4 Å². The van der Waals surface area contributed by atoms with Crippen LogP contribution in [0.1, 0.15) is 26.1 Å². The fourth-order valence-electron chi connectivity index (χ4n) is 1.59. The van der Waals surface area contributed by atoms with Crippen LogP contribution >= 0.6 is 0 Å². The van der Waals surface area contributed by atoms with Crippen molar-refractivity contribution in [1.29, 1.82) is 0 Å². The van der Waals surface area contributed by atoms with E-state index in [0.717, 1.165) is 12.0 Å². The van der Waals surface area contributed by atoms with Gasteiger partial charge in [0.25, 0.3) is 0 Å². The van der Waals surface area contributed by atoms with Gasteiger partial charge in [-0.1, -0.05) is 13.8 Å². The Hall–Kier alpha value is -1.16. The number of rotatable bonds is 1. The Labute approximate surface area is 76.7 Å². The molecule has 70 valence electrons. The summed E-state index contributed by atoms with van der Waals surface area (Å²) in [4.78, 5) is 4.05. The maximum absolute atomic E-state index is 9.68. The minimum Gasteiger partial charge on any atom is -0.388 e. The van der Waals surface area contributed by atoms with E-state index in [1.54, 1.807) is 6.33 Å². The van der Waals surface area contributed by atoms with Gasteiger partial charge in [0.2, 0.25) is 0 Å². The minimum atomic E-state index is -0.388. The number of nitrogens with zero attached hydrogens (tertiary/aromatic N) is 2. The number of aromatic nitrogens is 3. The molecule has 0 aliphatic heterocycles. The SMILES string of the molecule is CC1(C)CC(c2nc[nH]n2)=CC1O. The molecule has 1 unspecified atom stereocenters. The molecular formula is C9H13N3O. The van der Waals surface area contributed by atoms with Crippen LogP contribution in [0.5, 0.6) is 0 Å². The number of aliphatic hydroxyl groups is 1. The van der Waals surface area contributed by atoms with Crippen molar-refractivity contribution in [3.63, 3.8) is 0 Å². The van der Waals surface area contributed by atoms with E-state index >= 15 is 0 Å². The molecule has 13 heavy (non-hydrogen) atoms. The molecule has 0 bridgehead atoms. The van der Waals surface area contributed by atoms with Crippen molar-refractivity contribution >= 4 is 5.57 Å². The van der Waals surface area contributed by atoms with Crippen molar-refractivity contribution in [1.82, 2.24) is 15.2 Å². The molecule has 4 nitrogen and oxygen atoms in total. The van der Waals surface area contributed by atoms with E-state index in [2.05, 4.69) is 15.2 Å². The van der Waals surface area contributed by atoms with Gasteiger partial charge in [-0.3, -0.25) is 5.10 Å². The van der Waals surface area contributed by atoms with Crippen molar-refractivity contribution < 1.29 is 5.11 Å². The number of allylic oxidation sites excluding steroid dienone is 1. The van der Waals surface area contributed by atoms with Gasteiger partial charge in [0.15, 0.2) is 5.82 Å². The smallest absolute Gasteiger partial charge is 0.176 e. The number of hydrogen-bond donors (Lipinski definition) is 2. The first-order chi connectivity index (χ1) is 6.09.